The third-order valence-corrected chi connectivity index (χ3v) is 4.03. The largest absolute Gasteiger partial charge is 0.487 e. The molecule has 4 heteroatoms. The van der Waals surface area contributed by atoms with Gasteiger partial charge in [-0.2, -0.15) is 0 Å². The van der Waals surface area contributed by atoms with Gasteiger partial charge in [-0.05, 0) is 65.1 Å². The Kier molecular flexibility index (Phi) is 4.60. The molecule has 0 aromatic heterocycles. The molecule has 0 heterocycles. The minimum absolute atomic E-state index is 0.108. The van der Waals surface area contributed by atoms with Crippen LogP contribution in [0.3, 0.4) is 0 Å². The first-order chi connectivity index (χ1) is 9.30. The fourth-order valence-corrected chi connectivity index (χ4v) is 2.55. The van der Waals surface area contributed by atoms with Crippen LogP contribution in [-0.4, -0.2) is 17.7 Å². The van der Waals surface area contributed by atoms with E-state index < -0.39 is 5.82 Å². The summed E-state index contributed by atoms with van der Waals surface area (Å²) in [4.78, 5) is 0. The maximum absolute atomic E-state index is 13.5. The highest BCUT2D eigenvalue weighted by Crippen LogP contribution is 2.39. The van der Waals surface area contributed by atoms with Crippen molar-refractivity contribution in [3.05, 3.63) is 29.0 Å². The molecule has 1 saturated carbocycles. The van der Waals surface area contributed by atoms with Crippen LogP contribution in [0.1, 0.15) is 46.5 Å². The summed E-state index contributed by atoms with van der Waals surface area (Å²) >= 11 is 5.69. The molecule has 1 aromatic rings. The number of benzene rings is 1. The van der Waals surface area contributed by atoms with Gasteiger partial charge in [-0.15, -0.1) is 0 Å². The summed E-state index contributed by atoms with van der Waals surface area (Å²) < 4.78 is 19.5. The first kappa shape index (κ1) is 15.6. The SMILES string of the molecule is CC(C)(C)NCCC1(Oc2ccc(Cl)c(F)c2)CCC1. The van der Waals surface area contributed by atoms with Gasteiger partial charge < -0.3 is 10.1 Å². The number of halogens is 2. The van der Waals surface area contributed by atoms with E-state index in [-0.39, 0.29) is 16.2 Å². The van der Waals surface area contributed by atoms with Gasteiger partial charge in [0.05, 0.1) is 5.02 Å². The van der Waals surface area contributed by atoms with Crippen LogP contribution in [0.5, 0.6) is 5.75 Å². The average molecular weight is 300 g/mol. The van der Waals surface area contributed by atoms with E-state index in [4.69, 9.17) is 16.3 Å². The molecular weight excluding hydrogens is 277 g/mol. The highest BCUT2D eigenvalue weighted by atomic mass is 35.5. The Morgan fingerprint density at radius 1 is 1.35 bits per heavy atom. The Morgan fingerprint density at radius 3 is 2.55 bits per heavy atom. The molecule has 1 N–H and O–H groups in total. The third kappa shape index (κ3) is 4.10. The maximum atomic E-state index is 13.5. The van der Waals surface area contributed by atoms with Gasteiger partial charge >= 0.3 is 0 Å². The zero-order chi connectivity index (χ0) is 14.8. The van der Waals surface area contributed by atoms with E-state index in [2.05, 4.69) is 26.1 Å². The molecule has 0 unspecified atom stereocenters. The van der Waals surface area contributed by atoms with E-state index in [1.807, 2.05) is 0 Å². The van der Waals surface area contributed by atoms with E-state index in [0.717, 1.165) is 25.8 Å². The van der Waals surface area contributed by atoms with Crippen LogP contribution in [0.15, 0.2) is 18.2 Å². The molecule has 0 aliphatic heterocycles. The smallest absolute Gasteiger partial charge is 0.145 e. The van der Waals surface area contributed by atoms with Crippen molar-refractivity contribution >= 4 is 11.6 Å². The van der Waals surface area contributed by atoms with Crippen LogP contribution in [0.4, 0.5) is 4.39 Å². The van der Waals surface area contributed by atoms with E-state index in [1.54, 1.807) is 12.1 Å². The summed E-state index contributed by atoms with van der Waals surface area (Å²) in [5.41, 5.74) is -0.0319. The van der Waals surface area contributed by atoms with E-state index in [1.165, 1.54) is 12.5 Å². The number of rotatable bonds is 5. The summed E-state index contributed by atoms with van der Waals surface area (Å²) in [6.45, 7) is 7.35. The molecule has 0 radical (unpaired) electrons. The van der Waals surface area contributed by atoms with Crippen LogP contribution in [0, 0.1) is 5.82 Å². The molecular formula is C16H23ClFNO. The minimum Gasteiger partial charge on any atom is -0.487 e. The lowest BCUT2D eigenvalue weighted by atomic mass is 9.77. The molecule has 0 atom stereocenters. The highest BCUT2D eigenvalue weighted by molar-refractivity contribution is 6.30. The Hall–Kier alpha value is -0.800. The number of hydrogen-bond donors (Lipinski definition) is 1. The highest BCUT2D eigenvalue weighted by Gasteiger charge is 2.39. The molecule has 1 aromatic carbocycles. The van der Waals surface area contributed by atoms with E-state index in [9.17, 15) is 4.39 Å². The summed E-state index contributed by atoms with van der Waals surface area (Å²) in [5, 5.41) is 3.61. The van der Waals surface area contributed by atoms with Crippen molar-refractivity contribution in [2.45, 2.75) is 57.6 Å². The van der Waals surface area contributed by atoms with Gasteiger partial charge in [-0.1, -0.05) is 11.6 Å². The zero-order valence-corrected chi connectivity index (χ0v) is 13.2. The van der Waals surface area contributed by atoms with Crippen molar-refractivity contribution in [2.75, 3.05) is 6.54 Å². The molecule has 1 aliphatic carbocycles. The van der Waals surface area contributed by atoms with Gasteiger partial charge in [0.25, 0.3) is 0 Å². The van der Waals surface area contributed by atoms with Crippen molar-refractivity contribution in [1.29, 1.82) is 0 Å². The van der Waals surface area contributed by atoms with Gasteiger partial charge in [0, 0.05) is 11.6 Å². The first-order valence-electron chi connectivity index (χ1n) is 7.19. The van der Waals surface area contributed by atoms with Crippen molar-refractivity contribution in [3.63, 3.8) is 0 Å². The molecule has 1 fully saturated rings. The fourth-order valence-electron chi connectivity index (χ4n) is 2.43. The molecule has 2 nitrogen and oxygen atoms in total. The maximum Gasteiger partial charge on any atom is 0.145 e. The quantitative estimate of drug-likeness (QED) is 0.860. The Morgan fingerprint density at radius 2 is 2.05 bits per heavy atom. The number of hydrogen-bond acceptors (Lipinski definition) is 2. The monoisotopic (exact) mass is 299 g/mol. The molecule has 0 saturated heterocycles. The standard InChI is InChI=1S/C16H23ClFNO/c1-15(2,3)19-10-9-16(7-4-8-16)20-12-5-6-13(17)14(18)11-12/h5-6,11,19H,4,7-10H2,1-3H3. The molecule has 0 bridgehead atoms. The van der Waals surface area contributed by atoms with Crippen molar-refractivity contribution in [2.24, 2.45) is 0 Å². The Bertz CT molecular complexity index is 466. The van der Waals surface area contributed by atoms with E-state index >= 15 is 0 Å². The topological polar surface area (TPSA) is 21.3 Å². The average Bonchev–Trinajstić information content (AvgIpc) is 2.29. The van der Waals surface area contributed by atoms with Crippen LogP contribution < -0.4 is 10.1 Å². The number of ether oxygens (including phenoxy) is 1. The van der Waals surface area contributed by atoms with Gasteiger partial charge in [0.1, 0.15) is 17.2 Å². The molecule has 20 heavy (non-hydrogen) atoms. The van der Waals surface area contributed by atoms with Crippen molar-refractivity contribution in [3.8, 4) is 5.75 Å². The van der Waals surface area contributed by atoms with Crippen LogP contribution in [0.25, 0.3) is 0 Å². The van der Waals surface area contributed by atoms with Gasteiger partial charge in [0.2, 0.25) is 0 Å². The second-order valence-electron chi connectivity index (χ2n) is 6.64. The van der Waals surface area contributed by atoms with E-state index in [0.29, 0.717) is 5.75 Å². The molecule has 0 spiro atoms. The van der Waals surface area contributed by atoms with Crippen LogP contribution >= 0.6 is 11.6 Å². The molecule has 1 aliphatic rings. The van der Waals surface area contributed by atoms with Crippen LogP contribution in [0.2, 0.25) is 5.02 Å². The third-order valence-electron chi connectivity index (χ3n) is 3.73. The first-order valence-corrected chi connectivity index (χ1v) is 7.57. The second-order valence-corrected chi connectivity index (χ2v) is 7.05. The lowest BCUT2D eigenvalue weighted by Crippen LogP contribution is -2.47. The normalized spacial score (nSPS) is 17.6. The van der Waals surface area contributed by atoms with Crippen LogP contribution in [-0.2, 0) is 0 Å². The minimum atomic E-state index is -0.425. The lowest BCUT2D eigenvalue weighted by Gasteiger charge is -2.42. The Balaban J connectivity index is 1.95. The fraction of sp³-hybridized carbons (Fsp3) is 0.625. The summed E-state index contributed by atoms with van der Waals surface area (Å²) in [7, 11) is 0. The Labute approximate surface area is 125 Å². The molecule has 112 valence electrons. The second kappa shape index (κ2) is 5.90. The van der Waals surface area contributed by atoms with Gasteiger partial charge in [-0.3, -0.25) is 0 Å². The predicted octanol–water partition coefficient (Wildman–Crippen LogP) is 4.56. The molecule has 2 rings (SSSR count). The zero-order valence-electron chi connectivity index (χ0n) is 12.4. The molecule has 0 amide bonds. The van der Waals surface area contributed by atoms with Crippen molar-refractivity contribution < 1.29 is 9.13 Å². The summed E-state index contributed by atoms with van der Waals surface area (Å²) in [5.74, 6) is 0.147. The van der Waals surface area contributed by atoms with Crippen molar-refractivity contribution in [1.82, 2.24) is 5.32 Å². The summed E-state index contributed by atoms with van der Waals surface area (Å²) in [6.07, 6.45) is 4.17. The number of nitrogens with one attached hydrogen (secondary N) is 1. The predicted molar refractivity (Wildman–Crippen MR) is 81.0 cm³/mol. The lowest BCUT2D eigenvalue weighted by molar-refractivity contribution is -0.0154. The van der Waals surface area contributed by atoms with Gasteiger partial charge in [0.15, 0.2) is 0 Å². The van der Waals surface area contributed by atoms with Gasteiger partial charge in [-0.25, -0.2) is 4.39 Å². The summed E-state index contributed by atoms with van der Waals surface area (Å²) in [6, 6.07) is 4.66.